The first kappa shape index (κ1) is 13.8. The standard InChI is InChI=1S/C14H23N3/c1-3-12(14-7-5-6-10-17-14)8-9-13(11-15)16-4-2/h3-4,12-14,16-17H,1-2,5-10H2. The molecule has 3 atom stereocenters. The van der Waals surface area contributed by atoms with Gasteiger partial charge in [-0.15, -0.1) is 6.58 Å². The van der Waals surface area contributed by atoms with Gasteiger partial charge in [-0.05, 0) is 44.3 Å². The molecule has 0 saturated carbocycles. The van der Waals surface area contributed by atoms with Crippen LogP contribution in [0.1, 0.15) is 32.1 Å². The van der Waals surface area contributed by atoms with Crippen LogP contribution in [0.25, 0.3) is 0 Å². The van der Waals surface area contributed by atoms with Gasteiger partial charge in [-0.1, -0.05) is 19.1 Å². The number of nitrogens with one attached hydrogen (secondary N) is 2. The second-order valence-corrected chi connectivity index (χ2v) is 4.59. The van der Waals surface area contributed by atoms with E-state index >= 15 is 0 Å². The van der Waals surface area contributed by atoms with Crippen molar-refractivity contribution < 1.29 is 0 Å². The van der Waals surface area contributed by atoms with Gasteiger partial charge in [-0.3, -0.25) is 0 Å². The highest BCUT2D eigenvalue weighted by molar-refractivity contribution is 4.96. The summed E-state index contributed by atoms with van der Waals surface area (Å²) in [5.74, 6) is 0.470. The van der Waals surface area contributed by atoms with E-state index in [9.17, 15) is 0 Å². The van der Waals surface area contributed by atoms with Gasteiger partial charge in [0.05, 0.1) is 6.07 Å². The third-order valence-corrected chi connectivity index (χ3v) is 3.43. The van der Waals surface area contributed by atoms with Crippen LogP contribution in [0.15, 0.2) is 25.4 Å². The van der Waals surface area contributed by atoms with Crippen molar-refractivity contribution in [1.82, 2.24) is 10.6 Å². The van der Waals surface area contributed by atoms with Gasteiger partial charge in [0, 0.05) is 6.04 Å². The lowest BCUT2D eigenvalue weighted by Crippen LogP contribution is -2.39. The molecule has 0 radical (unpaired) electrons. The molecule has 3 nitrogen and oxygen atoms in total. The second kappa shape index (κ2) is 7.92. The molecule has 3 heteroatoms. The van der Waals surface area contributed by atoms with E-state index in [1.54, 1.807) is 6.20 Å². The van der Waals surface area contributed by atoms with Crippen molar-refractivity contribution in [2.75, 3.05) is 6.54 Å². The van der Waals surface area contributed by atoms with Crippen LogP contribution in [0.4, 0.5) is 0 Å². The molecule has 1 rings (SSSR count). The molecule has 0 aromatic rings. The van der Waals surface area contributed by atoms with Crippen LogP contribution in [-0.2, 0) is 0 Å². The van der Waals surface area contributed by atoms with Crippen LogP contribution in [0.3, 0.4) is 0 Å². The third-order valence-electron chi connectivity index (χ3n) is 3.43. The molecule has 0 aromatic heterocycles. The van der Waals surface area contributed by atoms with Crippen LogP contribution >= 0.6 is 0 Å². The van der Waals surface area contributed by atoms with E-state index in [1.165, 1.54) is 19.3 Å². The molecule has 1 heterocycles. The highest BCUT2D eigenvalue weighted by atomic mass is 14.9. The van der Waals surface area contributed by atoms with Crippen LogP contribution in [0, 0.1) is 17.2 Å². The number of nitrogens with zero attached hydrogens (tertiary/aromatic N) is 1. The normalized spacial score (nSPS) is 23.1. The molecular weight excluding hydrogens is 210 g/mol. The monoisotopic (exact) mass is 233 g/mol. The molecule has 2 N–H and O–H groups in total. The van der Waals surface area contributed by atoms with E-state index in [0.717, 1.165) is 19.4 Å². The Labute approximate surface area is 105 Å². The van der Waals surface area contributed by atoms with Gasteiger partial charge >= 0.3 is 0 Å². The Morgan fingerprint density at radius 1 is 1.41 bits per heavy atom. The molecule has 0 bridgehead atoms. The maximum Gasteiger partial charge on any atom is 0.114 e. The number of hydrogen-bond donors (Lipinski definition) is 2. The SMILES string of the molecule is C=CNC(C#N)CCC(C=C)C1CCCCN1. The topological polar surface area (TPSA) is 47.9 Å². The first-order valence-electron chi connectivity index (χ1n) is 6.44. The third kappa shape index (κ3) is 4.62. The molecule has 1 aliphatic heterocycles. The molecule has 94 valence electrons. The summed E-state index contributed by atoms with van der Waals surface area (Å²) < 4.78 is 0. The Balaban J connectivity index is 2.37. The van der Waals surface area contributed by atoms with E-state index in [4.69, 9.17) is 5.26 Å². The summed E-state index contributed by atoms with van der Waals surface area (Å²) in [7, 11) is 0. The molecule has 0 amide bonds. The smallest absolute Gasteiger partial charge is 0.114 e. The van der Waals surface area contributed by atoms with E-state index in [2.05, 4.69) is 29.9 Å². The molecule has 1 fully saturated rings. The molecule has 17 heavy (non-hydrogen) atoms. The van der Waals surface area contributed by atoms with Crippen LogP contribution in [0.2, 0.25) is 0 Å². The van der Waals surface area contributed by atoms with Crippen molar-refractivity contribution in [3.63, 3.8) is 0 Å². The van der Waals surface area contributed by atoms with Crippen molar-refractivity contribution >= 4 is 0 Å². The maximum absolute atomic E-state index is 8.95. The van der Waals surface area contributed by atoms with Crippen molar-refractivity contribution in [2.45, 2.75) is 44.2 Å². The lowest BCUT2D eigenvalue weighted by Gasteiger charge is -2.30. The average Bonchev–Trinajstić information content (AvgIpc) is 2.39. The van der Waals surface area contributed by atoms with Crippen LogP contribution in [-0.4, -0.2) is 18.6 Å². The number of nitriles is 1. The maximum atomic E-state index is 8.95. The van der Waals surface area contributed by atoms with Gasteiger partial charge in [-0.2, -0.15) is 5.26 Å². The highest BCUT2D eigenvalue weighted by Crippen LogP contribution is 2.21. The first-order chi connectivity index (χ1) is 8.31. The van der Waals surface area contributed by atoms with Crippen molar-refractivity contribution in [1.29, 1.82) is 5.26 Å². The predicted molar refractivity (Wildman–Crippen MR) is 71.3 cm³/mol. The lowest BCUT2D eigenvalue weighted by atomic mass is 9.88. The van der Waals surface area contributed by atoms with Gasteiger partial charge < -0.3 is 10.6 Å². The Kier molecular flexibility index (Phi) is 6.42. The zero-order valence-electron chi connectivity index (χ0n) is 10.5. The summed E-state index contributed by atoms with van der Waals surface area (Å²) in [6.07, 6.45) is 9.27. The van der Waals surface area contributed by atoms with Gasteiger partial charge in [-0.25, -0.2) is 0 Å². The Morgan fingerprint density at radius 3 is 2.76 bits per heavy atom. The Bertz CT molecular complexity index is 274. The van der Waals surface area contributed by atoms with Crippen molar-refractivity contribution in [3.8, 4) is 6.07 Å². The zero-order valence-corrected chi connectivity index (χ0v) is 10.5. The van der Waals surface area contributed by atoms with Gasteiger partial charge in [0.1, 0.15) is 6.04 Å². The van der Waals surface area contributed by atoms with E-state index < -0.39 is 0 Å². The summed E-state index contributed by atoms with van der Waals surface area (Å²) in [6, 6.07) is 2.67. The van der Waals surface area contributed by atoms with Crippen LogP contribution < -0.4 is 10.6 Å². The molecule has 0 aliphatic carbocycles. The molecule has 1 saturated heterocycles. The molecule has 1 aliphatic rings. The largest absolute Gasteiger partial charge is 0.376 e. The number of rotatable bonds is 7. The van der Waals surface area contributed by atoms with Crippen LogP contribution in [0.5, 0.6) is 0 Å². The van der Waals surface area contributed by atoms with E-state index in [0.29, 0.717) is 12.0 Å². The molecular formula is C14H23N3. The summed E-state index contributed by atoms with van der Waals surface area (Å²) >= 11 is 0. The van der Waals surface area contributed by atoms with Gasteiger partial charge in [0.25, 0.3) is 0 Å². The zero-order chi connectivity index (χ0) is 12.5. The molecule has 3 unspecified atom stereocenters. The van der Waals surface area contributed by atoms with Gasteiger partial charge in [0.2, 0.25) is 0 Å². The number of hydrogen-bond acceptors (Lipinski definition) is 3. The molecule has 0 aromatic carbocycles. The molecule has 0 spiro atoms. The second-order valence-electron chi connectivity index (χ2n) is 4.59. The summed E-state index contributed by atoms with van der Waals surface area (Å²) in [6.45, 7) is 8.63. The first-order valence-corrected chi connectivity index (χ1v) is 6.44. The van der Waals surface area contributed by atoms with Crippen molar-refractivity contribution in [3.05, 3.63) is 25.4 Å². The fourth-order valence-electron chi connectivity index (χ4n) is 2.41. The van der Waals surface area contributed by atoms with E-state index in [-0.39, 0.29) is 6.04 Å². The van der Waals surface area contributed by atoms with Gasteiger partial charge in [0.15, 0.2) is 0 Å². The minimum atomic E-state index is -0.126. The highest BCUT2D eigenvalue weighted by Gasteiger charge is 2.21. The number of piperidine rings is 1. The van der Waals surface area contributed by atoms with Crippen molar-refractivity contribution in [2.24, 2.45) is 5.92 Å². The summed E-state index contributed by atoms with van der Waals surface area (Å²) in [5.41, 5.74) is 0. The average molecular weight is 233 g/mol. The predicted octanol–water partition coefficient (Wildman–Crippen LogP) is 2.34. The Morgan fingerprint density at radius 2 is 2.24 bits per heavy atom. The fraction of sp³-hybridized carbons (Fsp3) is 0.643. The Hall–Kier alpha value is -1.27. The fourth-order valence-corrected chi connectivity index (χ4v) is 2.41. The van der Waals surface area contributed by atoms with E-state index in [1.807, 2.05) is 6.08 Å². The minimum absolute atomic E-state index is 0.126. The summed E-state index contributed by atoms with van der Waals surface area (Å²) in [4.78, 5) is 0. The lowest BCUT2D eigenvalue weighted by molar-refractivity contribution is 0.314. The quantitative estimate of drug-likeness (QED) is 0.664. The summed E-state index contributed by atoms with van der Waals surface area (Å²) in [5, 5.41) is 15.5. The minimum Gasteiger partial charge on any atom is -0.376 e.